The monoisotopic (exact) mass is 314 g/mol. The maximum atomic E-state index is 12.9. The molecule has 0 fully saturated rings. The third-order valence-corrected chi connectivity index (χ3v) is 3.87. The van der Waals surface area contributed by atoms with E-state index < -0.39 is 0 Å². The van der Waals surface area contributed by atoms with Crippen LogP contribution in [0.25, 0.3) is 0 Å². The molecule has 1 amide bonds. The molecule has 0 radical (unpaired) electrons. The highest BCUT2D eigenvalue weighted by Gasteiger charge is 2.18. The summed E-state index contributed by atoms with van der Waals surface area (Å²) in [5, 5.41) is 2.86. The first-order valence-corrected chi connectivity index (χ1v) is 7.64. The second-order valence-electron chi connectivity index (χ2n) is 6.59. The number of carbonyl (C=O) groups is 1. The molecule has 0 unspecified atom stereocenters. The zero-order chi connectivity index (χ0) is 17.0. The van der Waals surface area contributed by atoms with Crippen molar-refractivity contribution in [2.45, 2.75) is 32.9 Å². The number of rotatable bonds is 4. The van der Waals surface area contributed by atoms with Crippen molar-refractivity contribution in [2.24, 2.45) is 0 Å². The van der Waals surface area contributed by atoms with Gasteiger partial charge in [0.15, 0.2) is 0 Å². The van der Waals surface area contributed by atoms with Crippen LogP contribution in [0.2, 0.25) is 0 Å². The van der Waals surface area contributed by atoms with E-state index in [1.807, 2.05) is 25.2 Å². The highest BCUT2D eigenvalue weighted by atomic mass is 19.1. The fourth-order valence-corrected chi connectivity index (χ4v) is 2.13. The molecule has 23 heavy (non-hydrogen) atoms. The van der Waals surface area contributed by atoms with Crippen molar-refractivity contribution in [3.05, 3.63) is 65.5 Å². The molecular formula is C19H23FN2O. The van der Waals surface area contributed by atoms with Gasteiger partial charge >= 0.3 is 0 Å². The van der Waals surface area contributed by atoms with Crippen LogP contribution >= 0.6 is 0 Å². The van der Waals surface area contributed by atoms with Gasteiger partial charge in [0.25, 0.3) is 5.91 Å². The van der Waals surface area contributed by atoms with Gasteiger partial charge in [-0.1, -0.05) is 18.2 Å². The molecule has 0 aliphatic carbocycles. The summed E-state index contributed by atoms with van der Waals surface area (Å²) < 4.78 is 12.9. The van der Waals surface area contributed by atoms with E-state index in [9.17, 15) is 9.18 Å². The van der Waals surface area contributed by atoms with Gasteiger partial charge in [-0.05, 0) is 56.7 Å². The molecule has 0 spiro atoms. The summed E-state index contributed by atoms with van der Waals surface area (Å²) in [6.07, 6.45) is 0. The Labute approximate surface area is 137 Å². The number of hydrogen-bond donors (Lipinski definition) is 1. The third-order valence-electron chi connectivity index (χ3n) is 3.87. The molecule has 1 N–H and O–H groups in total. The SMILES string of the molecule is CN(c1cccc(C(=O)NCc2ccc(F)cc2)c1)C(C)(C)C. The van der Waals surface area contributed by atoms with Crippen LogP contribution in [0.15, 0.2) is 48.5 Å². The predicted molar refractivity (Wildman–Crippen MR) is 92.2 cm³/mol. The molecular weight excluding hydrogens is 291 g/mol. The maximum absolute atomic E-state index is 12.9. The van der Waals surface area contributed by atoms with Crippen molar-refractivity contribution in [3.8, 4) is 0 Å². The van der Waals surface area contributed by atoms with Gasteiger partial charge in [-0.3, -0.25) is 4.79 Å². The first-order chi connectivity index (χ1) is 10.8. The molecule has 0 aromatic heterocycles. The number of carbonyl (C=O) groups excluding carboxylic acids is 1. The highest BCUT2D eigenvalue weighted by Crippen LogP contribution is 2.22. The number of nitrogens with one attached hydrogen (secondary N) is 1. The van der Waals surface area contributed by atoms with E-state index in [1.165, 1.54) is 12.1 Å². The quantitative estimate of drug-likeness (QED) is 0.925. The Hall–Kier alpha value is -2.36. The first kappa shape index (κ1) is 17.0. The molecule has 0 bridgehead atoms. The molecule has 4 heteroatoms. The Kier molecular flexibility index (Phi) is 5.04. The number of nitrogens with zero attached hydrogens (tertiary/aromatic N) is 1. The Morgan fingerprint density at radius 2 is 1.78 bits per heavy atom. The smallest absolute Gasteiger partial charge is 0.251 e. The van der Waals surface area contributed by atoms with Crippen LogP contribution in [0.1, 0.15) is 36.7 Å². The lowest BCUT2D eigenvalue weighted by Crippen LogP contribution is -2.38. The zero-order valence-electron chi connectivity index (χ0n) is 14.1. The standard InChI is InChI=1S/C19H23FN2O/c1-19(2,3)22(4)17-7-5-6-15(12-17)18(23)21-13-14-8-10-16(20)11-9-14/h5-12H,13H2,1-4H3,(H,21,23). The van der Waals surface area contributed by atoms with E-state index in [1.54, 1.807) is 18.2 Å². The molecule has 3 nitrogen and oxygen atoms in total. The number of anilines is 1. The maximum Gasteiger partial charge on any atom is 0.251 e. The Bertz CT molecular complexity index is 675. The van der Waals surface area contributed by atoms with Gasteiger partial charge < -0.3 is 10.2 Å². The first-order valence-electron chi connectivity index (χ1n) is 7.64. The van der Waals surface area contributed by atoms with Crippen LogP contribution in [0.3, 0.4) is 0 Å². The summed E-state index contributed by atoms with van der Waals surface area (Å²) in [6, 6.07) is 13.7. The van der Waals surface area contributed by atoms with Crippen LogP contribution in [-0.2, 0) is 6.54 Å². The normalized spacial score (nSPS) is 11.2. The van der Waals surface area contributed by atoms with Crippen molar-refractivity contribution >= 4 is 11.6 Å². The minimum absolute atomic E-state index is 0.0246. The molecule has 2 aromatic rings. The lowest BCUT2D eigenvalue weighted by Gasteiger charge is -2.34. The van der Waals surface area contributed by atoms with Gasteiger partial charge in [-0.15, -0.1) is 0 Å². The Morgan fingerprint density at radius 3 is 2.39 bits per heavy atom. The Balaban J connectivity index is 2.06. The van der Waals surface area contributed by atoms with E-state index >= 15 is 0 Å². The largest absolute Gasteiger partial charge is 0.370 e. The average molecular weight is 314 g/mol. The zero-order valence-corrected chi connectivity index (χ0v) is 14.1. The van der Waals surface area contributed by atoms with Gasteiger partial charge in [0.1, 0.15) is 5.82 Å². The molecule has 2 rings (SSSR count). The average Bonchev–Trinajstić information content (AvgIpc) is 2.52. The van der Waals surface area contributed by atoms with Crippen LogP contribution in [-0.4, -0.2) is 18.5 Å². The Morgan fingerprint density at radius 1 is 1.13 bits per heavy atom. The minimum Gasteiger partial charge on any atom is -0.370 e. The summed E-state index contributed by atoms with van der Waals surface area (Å²) >= 11 is 0. The van der Waals surface area contributed by atoms with E-state index in [0.717, 1.165) is 11.3 Å². The number of amides is 1. The summed E-state index contributed by atoms with van der Waals surface area (Å²) in [5.41, 5.74) is 2.44. The lowest BCUT2D eigenvalue weighted by molar-refractivity contribution is 0.0951. The van der Waals surface area contributed by atoms with Crippen LogP contribution in [0.5, 0.6) is 0 Å². The van der Waals surface area contributed by atoms with E-state index in [2.05, 4.69) is 31.0 Å². The highest BCUT2D eigenvalue weighted by molar-refractivity contribution is 5.95. The second-order valence-corrected chi connectivity index (χ2v) is 6.59. The van der Waals surface area contributed by atoms with Crippen molar-refractivity contribution in [2.75, 3.05) is 11.9 Å². The van der Waals surface area contributed by atoms with Crippen molar-refractivity contribution in [3.63, 3.8) is 0 Å². The molecule has 0 saturated carbocycles. The van der Waals surface area contributed by atoms with Crippen molar-refractivity contribution in [1.29, 1.82) is 0 Å². The van der Waals surface area contributed by atoms with Crippen LogP contribution in [0.4, 0.5) is 10.1 Å². The summed E-state index contributed by atoms with van der Waals surface area (Å²) in [7, 11) is 2.01. The van der Waals surface area contributed by atoms with E-state index in [4.69, 9.17) is 0 Å². The number of benzene rings is 2. The summed E-state index contributed by atoms with van der Waals surface area (Å²) in [6.45, 7) is 6.73. The number of halogens is 1. The molecule has 0 heterocycles. The van der Waals surface area contributed by atoms with Gasteiger partial charge in [0, 0.05) is 30.4 Å². The van der Waals surface area contributed by atoms with Crippen molar-refractivity contribution in [1.82, 2.24) is 5.32 Å². The summed E-state index contributed by atoms with van der Waals surface area (Å²) in [5.74, 6) is -0.420. The van der Waals surface area contributed by atoms with Gasteiger partial charge in [-0.2, -0.15) is 0 Å². The minimum atomic E-state index is -0.280. The molecule has 0 saturated heterocycles. The van der Waals surface area contributed by atoms with E-state index in [-0.39, 0.29) is 17.3 Å². The fraction of sp³-hybridized carbons (Fsp3) is 0.316. The third kappa shape index (κ3) is 4.55. The molecule has 0 aliphatic rings. The van der Waals surface area contributed by atoms with Crippen LogP contribution in [0, 0.1) is 5.82 Å². The van der Waals surface area contributed by atoms with Gasteiger partial charge in [0.2, 0.25) is 0 Å². The summed E-state index contributed by atoms with van der Waals surface area (Å²) in [4.78, 5) is 14.4. The lowest BCUT2D eigenvalue weighted by atomic mass is 10.0. The molecule has 122 valence electrons. The van der Waals surface area contributed by atoms with Gasteiger partial charge in [0.05, 0.1) is 0 Å². The fourth-order valence-electron chi connectivity index (χ4n) is 2.13. The van der Waals surface area contributed by atoms with Crippen LogP contribution < -0.4 is 10.2 Å². The number of hydrogen-bond acceptors (Lipinski definition) is 2. The molecule has 0 aliphatic heterocycles. The van der Waals surface area contributed by atoms with Crippen molar-refractivity contribution < 1.29 is 9.18 Å². The predicted octanol–water partition coefficient (Wildman–Crippen LogP) is 3.99. The molecule has 2 aromatic carbocycles. The second kappa shape index (κ2) is 6.82. The molecule has 0 atom stereocenters. The van der Waals surface area contributed by atoms with Gasteiger partial charge in [-0.25, -0.2) is 4.39 Å². The van der Waals surface area contributed by atoms with E-state index in [0.29, 0.717) is 12.1 Å². The topological polar surface area (TPSA) is 32.3 Å².